The van der Waals surface area contributed by atoms with Crippen LogP contribution in [0.25, 0.3) is 0 Å². The van der Waals surface area contributed by atoms with Crippen LogP contribution in [0.5, 0.6) is 0 Å². The van der Waals surface area contributed by atoms with Gasteiger partial charge >= 0.3 is 0 Å². The van der Waals surface area contributed by atoms with Gasteiger partial charge in [-0.25, -0.2) is 4.68 Å². The van der Waals surface area contributed by atoms with Crippen LogP contribution in [-0.2, 0) is 6.54 Å². The highest BCUT2D eigenvalue weighted by molar-refractivity contribution is 5.42. The Hall–Kier alpha value is -1.62. The van der Waals surface area contributed by atoms with E-state index < -0.39 is 0 Å². The molecule has 5 nitrogen and oxygen atoms in total. The van der Waals surface area contributed by atoms with Gasteiger partial charge in [0.2, 0.25) is 0 Å². The van der Waals surface area contributed by atoms with Crippen LogP contribution in [0.1, 0.15) is 27.7 Å². The molecule has 0 saturated heterocycles. The van der Waals surface area contributed by atoms with Gasteiger partial charge in [-0.1, -0.05) is 20.4 Å². The third kappa shape index (κ3) is 4.81. The largest absolute Gasteiger partial charge is 0.371 e. The van der Waals surface area contributed by atoms with E-state index in [0.29, 0.717) is 19.1 Å². The van der Waals surface area contributed by atoms with Gasteiger partial charge in [0.15, 0.2) is 0 Å². The monoisotopic (exact) mass is 278 g/mol. The van der Waals surface area contributed by atoms with Crippen molar-refractivity contribution in [3.8, 4) is 0 Å². The van der Waals surface area contributed by atoms with Crippen LogP contribution in [-0.4, -0.2) is 35.5 Å². The molecule has 0 aliphatic heterocycles. The molecule has 0 radical (unpaired) electrons. The Morgan fingerprint density at radius 3 is 2.60 bits per heavy atom. The first-order chi connectivity index (χ1) is 9.47. The van der Waals surface area contributed by atoms with Gasteiger partial charge in [-0.15, -0.1) is 0 Å². The van der Waals surface area contributed by atoms with Gasteiger partial charge in [0.25, 0.3) is 5.56 Å². The molecule has 20 heavy (non-hydrogen) atoms. The van der Waals surface area contributed by atoms with Crippen LogP contribution in [0.4, 0.5) is 5.69 Å². The van der Waals surface area contributed by atoms with Gasteiger partial charge in [-0.05, 0) is 19.4 Å². The van der Waals surface area contributed by atoms with E-state index in [4.69, 9.17) is 0 Å². The van der Waals surface area contributed by atoms with E-state index in [9.17, 15) is 4.79 Å². The van der Waals surface area contributed by atoms with Gasteiger partial charge in [-0.2, -0.15) is 5.10 Å². The molecule has 1 aromatic rings. The topological polar surface area (TPSA) is 50.2 Å². The van der Waals surface area contributed by atoms with Gasteiger partial charge in [0, 0.05) is 31.7 Å². The summed E-state index contributed by atoms with van der Waals surface area (Å²) in [5.74, 6) is 0. The minimum absolute atomic E-state index is 0.0832. The molecule has 0 atom stereocenters. The number of nitrogens with one attached hydrogen (secondary N) is 1. The van der Waals surface area contributed by atoms with Crippen molar-refractivity contribution in [2.45, 2.75) is 40.3 Å². The minimum atomic E-state index is -0.0832. The Morgan fingerprint density at radius 1 is 1.45 bits per heavy atom. The maximum atomic E-state index is 12.1. The van der Waals surface area contributed by atoms with Crippen LogP contribution >= 0.6 is 0 Å². The summed E-state index contributed by atoms with van der Waals surface area (Å²) in [4.78, 5) is 14.2. The fourth-order valence-corrected chi connectivity index (χ4v) is 1.92. The zero-order valence-electron chi connectivity index (χ0n) is 13.0. The first kappa shape index (κ1) is 16.4. The summed E-state index contributed by atoms with van der Waals surface area (Å²) in [7, 11) is 0. The highest BCUT2D eigenvalue weighted by Crippen LogP contribution is 2.08. The van der Waals surface area contributed by atoms with E-state index >= 15 is 0 Å². The van der Waals surface area contributed by atoms with Crippen LogP contribution < -0.4 is 15.8 Å². The zero-order chi connectivity index (χ0) is 15.1. The molecule has 1 rings (SSSR count). The van der Waals surface area contributed by atoms with Crippen molar-refractivity contribution in [3.05, 3.63) is 34.8 Å². The number of hydrogen-bond acceptors (Lipinski definition) is 4. The lowest BCUT2D eigenvalue weighted by Gasteiger charge is -2.20. The zero-order valence-corrected chi connectivity index (χ0v) is 13.0. The maximum absolute atomic E-state index is 12.1. The summed E-state index contributed by atoms with van der Waals surface area (Å²) in [6.07, 6.45) is 1.75. The molecule has 1 aromatic heterocycles. The van der Waals surface area contributed by atoms with Gasteiger partial charge in [-0.3, -0.25) is 4.79 Å². The second-order valence-corrected chi connectivity index (χ2v) is 5.17. The highest BCUT2D eigenvalue weighted by Gasteiger charge is 2.06. The molecule has 0 fully saturated rings. The molecule has 112 valence electrons. The first-order valence-electron chi connectivity index (χ1n) is 7.20. The second kappa shape index (κ2) is 7.85. The predicted octanol–water partition coefficient (Wildman–Crippen LogP) is 1.64. The molecule has 1 N–H and O–H groups in total. The average molecular weight is 278 g/mol. The number of hydrogen-bond donors (Lipinski definition) is 1. The van der Waals surface area contributed by atoms with Crippen molar-refractivity contribution >= 4 is 5.69 Å². The third-order valence-corrected chi connectivity index (χ3v) is 3.12. The summed E-state index contributed by atoms with van der Waals surface area (Å²) in [5, 5.41) is 7.52. The number of rotatable bonds is 8. The third-order valence-electron chi connectivity index (χ3n) is 3.12. The van der Waals surface area contributed by atoms with E-state index in [0.717, 1.165) is 24.4 Å². The molecule has 0 aromatic carbocycles. The summed E-state index contributed by atoms with van der Waals surface area (Å²) in [6, 6.07) is 2.05. The standard InChI is InChI=1S/C15H26N4O/c1-6-18(7-2)14-8-15(20)19(17-10-14)11-13(5)9-16-12(3)4/h8,10,12,16H,5-7,9,11H2,1-4H3. The van der Waals surface area contributed by atoms with Crippen LogP contribution in [0.15, 0.2) is 29.2 Å². The summed E-state index contributed by atoms with van der Waals surface area (Å²) in [5.41, 5.74) is 1.74. The Kier molecular flexibility index (Phi) is 6.45. The van der Waals surface area contributed by atoms with Crippen molar-refractivity contribution in [2.75, 3.05) is 24.5 Å². The fraction of sp³-hybridized carbons (Fsp3) is 0.600. The molecule has 0 bridgehead atoms. The Balaban J connectivity index is 2.73. The highest BCUT2D eigenvalue weighted by atomic mass is 16.1. The second-order valence-electron chi connectivity index (χ2n) is 5.17. The molecular formula is C15H26N4O. The molecule has 0 aliphatic carbocycles. The quantitative estimate of drug-likeness (QED) is 0.735. The molecule has 0 saturated carbocycles. The Bertz CT molecular complexity index is 489. The lowest BCUT2D eigenvalue weighted by Crippen LogP contribution is -2.30. The van der Waals surface area contributed by atoms with Crippen LogP contribution in [0.3, 0.4) is 0 Å². The Morgan fingerprint density at radius 2 is 2.10 bits per heavy atom. The van der Waals surface area contributed by atoms with E-state index in [1.54, 1.807) is 12.3 Å². The number of anilines is 1. The smallest absolute Gasteiger partial charge is 0.269 e. The van der Waals surface area contributed by atoms with E-state index in [1.165, 1.54) is 4.68 Å². The molecule has 1 heterocycles. The number of nitrogens with zero attached hydrogens (tertiary/aromatic N) is 3. The van der Waals surface area contributed by atoms with Crippen molar-refractivity contribution in [2.24, 2.45) is 0 Å². The van der Waals surface area contributed by atoms with Crippen LogP contribution in [0.2, 0.25) is 0 Å². The lowest BCUT2D eigenvalue weighted by atomic mass is 10.2. The minimum Gasteiger partial charge on any atom is -0.371 e. The SMILES string of the molecule is C=C(CNC(C)C)Cn1ncc(N(CC)CC)cc1=O. The fourth-order valence-electron chi connectivity index (χ4n) is 1.92. The van der Waals surface area contributed by atoms with Crippen molar-refractivity contribution < 1.29 is 0 Å². The molecular weight excluding hydrogens is 252 g/mol. The van der Waals surface area contributed by atoms with E-state index in [-0.39, 0.29) is 5.56 Å². The first-order valence-corrected chi connectivity index (χ1v) is 7.20. The van der Waals surface area contributed by atoms with Crippen molar-refractivity contribution in [1.82, 2.24) is 15.1 Å². The molecule has 0 unspecified atom stereocenters. The maximum Gasteiger partial charge on any atom is 0.269 e. The van der Waals surface area contributed by atoms with E-state index in [2.05, 4.69) is 49.6 Å². The van der Waals surface area contributed by atoms with Crippen molar-refractivity contribution in [1.29, 1.82) is 0 Å². The normalized spacial score (nSPS) is 10.8. The lowest BCUT2D eigenvalue weighted by molar-refractivity contribution is 0.574. The van der Waals surface area contributed by atoms with Gasteiger partial charge in [0.1, 0.15) is 0 Å². The van der Waals surface area contributed by atoms with Crippen molar-refractivity contribution in [3.63, 3.8) is 0 Å². The molecule has 0 aliphatic rings. The molecule has 0 spiro atoms. The molecule has 5 heteroatoms. The van der Waals surface area contributed by atoms with Crippen LogP contribution in [0, 0.1) is 0 Å². The summed E-state index contributed by atoms with van der Waals surface area (Å²) in [6.45, 7) is 15.2. The average Bonchev–Trinajstić information content (AvgIpc) is 2.41. The summed E-state index contributed by atoms with van der Waals surface area (Å²) < 4.78 is 1.46. The van der Waals surface area contributed by atoms with E-state index in [1.807, 2.05) is 0 Å². The predicted molar refractivity (Wildman–Crippen MR) is 84.3 cm³/mol. The Labute approximate surface area is 121 Å². The van der Waals surface area contributed by atoms with Gasteiger partial charge in [0.05, 0.1) is 18.4 Å². The summed E-state index contributed by atoms with van der Waals surface area (Å²) >= 11 is 0. The molecule has 0 amide bonds. The number of aromatic nitrogens is 2. The van der Waals surface area contributed by atoms with Gasteiger partial charge < -0.3 is 10.2 Å².